The smallest absolute Gasteiger partial charge is 0.0738 e. The molecular weight excluding hydrogens is 256 g/mol. The maximum Gasteiger partial charge on any atom is 0.0738 e. The van der Waals surface area contributed by atoms with Gasteiger partial charge in [-0.3, -0.25) is 4.68 Å². The molecule has 15 heavy (non-hydrogen) atoms. The van der Waals surface area contributed by atoms with Gasteiger partial charge in [0, 0.05) is 12.3 Å². The molecular formula is C11H19BrN2O. The van der Waals surface area contributed by atoms with Crippen molar-refractivity contribution < 1.29 is 4.74 Å². The fourth-order valence-electron chi connectivity index (χ4n) is 1.36. The van der Waals surface area contributed by atoms with Crippen molar-refractivity contribution in [3.8, 4) is 0 Å². The highest BCUT2D eigenvalue weighted by atomic mass is 79.9. The molecule has 0 bridgehead atoms. The summed E-state index contributed by atoms with van der Waals surface area (Å²) in [5.41, 5.74) is 2.21. The van der Waals surface area contributed by atoms with Gasteiger partial charge in [-0.05, 0) is 35.7 Å². The van der Waals surface area contributed by atoms with Gasteiger partial charge in [0.25, 0.3) is 0 Å². The Hall–Kier alpha value is -0.350. The Bertz CT molecular complexity index is 321. The predicted molar refractivity (Wildman–Crippen MR) is 65.1 cm³/mol. The Labute approximate surface area is 99.9 Å². The number of halogens is 1. The highest BCUT2D eigenvalue weighted by molar-refractivity contribution is 9.10. The van der Waals surface area contributed by atoms with Gasteiger partial charge in [0.2, 0.25) is 0 Å². The van der Waals surface area contributed by atoms with Crippen LogP contribution >= 0.6 is 15.9 Å². The fraction of sp³-hybridized carbons (Fsp3) is 0.727. The van der Waals surface area contributed by atoms with Crippen LogP contribution in [0.1, 0.15) is 25.2 Å². The average Bonchev–Trinajstić information content (AvgIpc) is 2.41. The quantitative estimate of drug-likeness (QED) is 0.772. The van der Waals surface area contributed by atoms with Crippen molar-refractivity contribution in [3.63, 3.8) is 0 Å². The number of ether oxygens (including phenoxy) is 1. The maximum atomic E-state index is 5.53. The van der Waals surface area contributed by atoms with Crippen LogP contribution in [0.25, 0.3) is 0 Å². The van der Waals surface area contributed by atoms with Crippen molar-refractivity contribution >= 4 is 15.9 Å². The summed E-state index contributed by atoms with van der Waals surface area (Å²) in [6.07, 6.45) is 0. The zero-order valence-corrected chi connectivity index (χ0v) is 11.5. The van der Waals surface area contributed by atoms with Gasteiger partial charge in [-0.2, -0.15) is 5.10 Å². The molecule has 4 heteroatoms. The lowest BCUT2D eigenvalue weighted by Gasteiger charge is -2.07. The van der Waals surface area contributed by atoms with Crippen LogP contribution in [-0.2, 0) is 11.3 Å². The molecule has 0 saturated heterocycles. The third kappa shape index (κ3) is 3.61. The fourth-order valence-corrected chi connectivity index (χ4v) is 1.65. The van der Waals surface area contributed by atoms with Gasteiger partial charge in [0.05, 0.1) is 23.3 Å². The first-order valence-electron chi connectivity index (χ1n) is 5.29. The van der Waals surface area contributed by atoms with Crippen LogP contribution in [-0.4, -0.2) is 23.0 Å². The van der Waals surface area contributed by atoms with Gasteiger partial charge in [-0.25, -0.2) is 0 Å². The molecule has 0 unspecified atom stereocenters. The number of nitrogens with zero attached hydrogens (tertiary/aromatic N) is 2. The van der Waals surface area contributed by atoms with Crippen LogP contribution in [0.15, 0.2) is 4.47 Å². The first kappa shape index (κ1) is 12.7. The largest absolute Gasteiger partial charge is 0.379 e. The van der Waals surface area contributed by atoms with E-state index in [1.165, 1.54) is 5.69 Å². The van der Waals surface area contributed by atoms with Crippen molar-refractivity contribution in [1.29, 1.82) is 0 Å². The molecule has 86 valence electrons. The summed E-state index contributed by atoms with van der Waals surface area (Å²) in [6.45, 7) is 10.7. The minimum atomic E-state index is 0.595. The molecule has 0 aliphatic rings. The summed E-state index contributed by atoms with van der Waals surface area (Å²) < 4.78 is 8.62. The second kappa shape index (κ2) is 5.66. The van der Waals surface area contributed by atoms with Crippen LogP contribution in [0.3, 0.4) is 0 Å². The second-order valence-electron chi connectivity index (χ2n) is 4.18. The van der Waals surface area contributed by atoms with Gasteiger partial charge in [0.1, 0.15) is 0 Å². The second-order valence-corrected chi connectivity index (χ2v) is 4.97. The molecule has 1 aromatic rings. The van der Waals surface area contributed by atoms with E-state index in [0.29, 0.717) is 5.92 Å². The molecule has 0 spiro atoms. The summed E-state index contributed by atoms with van der Waals surface area (Å²) in [7, 11) is 0. The standard InChI is InChI=1S/C11H19BrN2O/c1-8(2)7-15-6-5-14-10(4)11(12)9(3)13-14/h8H,5-7H2,1-4H3. The Balaban J connectivity index is 2.41. The van der Waals surface area contributed by atoms with E-state index in [-0.39, 0.29) is 0 Å². The van der Waals surface area contributed by atoms with Crippen LogP contribution in [0.5, 0.6) is 0 Å². The minimum Gasteiger partial charge on any atom is -0.379 e. The molecule has 0 aliphatic carbocycles. The number of hydrogen-bond acceptors (Lipinski definition) is 2. The zero-order valence-electron chi connectivity index (χ0n) is 9.88. The summed E-state index contributed by atoms with van der Waals surface area (Å²) in [4.78, 5) is 0. The van der Waals surface area contributed by atoms with Crippen LogP contribution in [0, 0.1) is 19.8 Å². The van der Waals surface area contributed by atoms with E-state index in [9.17, 15) is 0 Å². The molecule has 1 heterocycles. The van der Waals surface area contributed by atoms with Crippen LogP contribution < -0.4 is 0 Å². The van der Waals surface area contributed by atoms with Crippen molar-refractivity contribution in [2.75, 3.05) is 13.2 Å². The van der Waals surface area contributed by atoms with Crippen LogP contribution in [0.4, 0.5) is 0 Å². The SMILES string of the molecule is Cc1nn(CCOCC(C)C)c(C)c1Br. The Morgan fingerprint density at radius 3 is 2.53 bits per heavy atom. The van der Waals surface area contributed by atoms with E-state index in [1.807, 2.05) is 11.6 Å². The summed E-state index contributed by atoms with van der Waals surface area (Å²) in [6, 6.07) is 0. The molecule has 0 radical (unpaired) electrons. The van der Waals surface area contributed by atoms with Gasteiger partial charge in [0.15, 0.2) is 0 Å². The van der Waals surface area contributed by atoms with E-state index in [0.717, 1.165) is 29.9 Å². The summed E-state index contributed by atoms with van der Waals surface area (Å²) in [5, 5.41) is 4.42. The molecule has 1 aromatic heterocycles. The topological polar surface area (TPSA) is 27.1 Å². The summed E-state index contributed by atoms with van der Waals surface area (Å²) in [5.74, 6) is 0.595. The molecule has 3 nitrogen and oxygen atoms in total. The third-order valence-corrected chi connectivity index (χ3v) is 3.34. The first-order valence-corrected chi connectivity index (χ1v) is 6.09. The molecule has 0 aromatic carbocycles. The lowest BCUT2D eigenvalue weighted by atomic mass is 10.2. The number of hydrogen-bond donors (Lipinski definition) is 0. The number of rotatable bonds is 5. The maximum absolute atomic E-state index is 5.53. The van der Waals surface area contributed by atoms with Gasteiger partial charge < -0.3 is 4.74 Å². The lowest BCUT2D eigenvalue weighted by Crippen LogP contribution is -2.11. The van der Waals surface area contributed by atoms with E-state index in [2.05, 4.69) is 41.8 Å². The Kier molecular flexibility index (Phi) is 4.80. The molecule has 0 atom stereocenters. The number of aromatic nitrogens is 2. The van der Waals surface area contributed by atoms with E-state index in [1.54, 1.807) is 0 Å². The molecule has 0 fully saturated rings. The van der Waals surface area contributed by atoms with Gasteiger partial charge in [-0.1, -0.05) is 13.8 Å². The number of aryl methyl sites for hydroxylation is 1. The zero-order chi connectivity index (χ0) is 11.4. The van der Waals surface area contributed by atoms with Gasteiger partial charge in [-0.15, -0.1) is 0 Å². The third-order valence-electron chi connectivity index (χ3n) is 2.19. The lowest BCUT2D eigenvalue weighted by molar-refractivity contribution is 0.100. The van der Waals surface area contributed by atoms with Crippen molar-refractivity contribution in [2.45, 2.75) is 34.2 Å². The molecule has 1 rings (SSSR count). The average molecular weight is 275 g/mol. The highest BCUT2D eigenvalue weighted by Crippen LogP contribution is 2.19. The van der Waals surface area contributed by atoms with Crippen molar-refractivity contribution in [1.82, 2.24) is 9.78 Å². The van der Waals surface area contributed by atoms with E-state index in [4.69, 9.17) is 4.74 Å². The highest BCUT2D eigenvalue weighted by Gasteiger charge is 2.07. The predicted octanol–water partition coefficient (Wildman–Crippen LogP) is 2.94. The first-order chi connectivity index (χ1) is 7.02. The van der Waals surface area contributed by atoms with E-state index < -0.39 is 0 Å². The van der Waals surface area contributed by atoms with E-state index >= 15 is 0 Å². The molecule has 0 amide bonds. The Morgan fingerprint density at radius 2 is 2.07 bits per heavy atom. The van der Waals surface area contributed by atoms with Gasteiger partial charge >= 0.3 is 0 Å². The normalized spacial score (nSPS) is 11.3. The Morgan fingerprint density at radius 1 is 1.40 bits per heavy atom. The van der Waals surface area contributed by atoms with Crippen molar-refractivity contribution in [3.05, 3.63) is 15.9 Å². The molecule has 0 aliphatic heterocycles. The minimum absolute atomic E-state index is 0.595. The van der Waals surface area contributed by atoms with Crippen LogP contribution in [0.2, 0.25) is 0 Å². The monoisotopic (exact) mass is 274 g/mol. The molecule has 0 saturated carbocycles. The summed E-state index contributed by atoms with van der Waals surface area (Å²) >= 11 is 3.51. The molecule has 0 N–H and O–H groups in total. The van der Waals surface area contributed by atoms with Crippen molar-refractivity contribution in [2.24, 2.45) is 5.92 Å².